The van der Waals surface area contributed by atoms with Crippen LogP contribution in [0.2, 0.25) is 0 Å². The SMILES string of the molecule is Cc1cccc(NC(=O)NC(=O)CSc2nc3ccccc3s2)c1C. The molecule has 0 bridgehead atoms. The number of thiazole rings is 1. The van der Waals surface area contributed by atoms with Crippen LogP contribution >= 0.6 is 23.1 Å². The summed E-state index contributed by atoms with van der Waals surface area (Å²) in [7, 11) is 0. The monoisotopic (exact) mass is 371 g/mol. The zero-order chi connectivity index (χ0) is 17.8. The Kier molecular flexibility index (Phi) is 5.35. The molecule has 0 unspecified atom stereocenters. The van der Waals surface area contributed by atoms with E-state index in [2.05, 4.69) is 15.6 Å². The number of thioether (sulfide) groups is 1. The second-order valence-electron chi connectivity index (χ2n) is 5.49. The summed E-state index contributed by atoms with van der Waals surface area (Å²) < 4.78 is 1.89. The number of imide groups is 1. The van der Waals surface area contributed by atoms with Crippen LogP contribution in [0.5, 0.6) is 0 Å². The largest absolute Gasteiger partial charge is 0.325 e. The summed E-state index contributed by atoms with van der Waals surface area (Å²) >= 11 is 2.86. The molecule has 7 heteroatoms. The van der Waals surface area contributed by atoms with Gasteiger partial charge >= 0.3 is 6.03 Å². The zero-order valence-corrected chi connectivity index (χ0v) is 15.5. The summed E-state index contributed by atoms with van der Waals surface area (Å²) in [6, 6.07) is 12.9. The number of anilines is 1. The van der Waals surface area contributed by atoms with E-state index in [1.807, 2.05) is 56.3 Å². The standard InChI is InChI=1S/C18H17N3O2S2/c1-11-6-5-8-13(12(11)2)19-17(23)21-16(22)10-24-18-20-14-7-3-4-9-15(14)25-18/h3-9H,10H2,1-2H3,(H2,19,21,22,23). The van der Waals surface area contributed by atoms with Gasteiger partial charge in [0.05, 0.1) is 16.0 Å². The number of aromatic nitrogens is 1. The molecule has 3 aromatic rings. The van der Waals surface area contributed by atoms with Crippen LogP contribution in [0.1, 0.15) is 11.1 Å². The smallest absolute Gasteiger partial charge is 0.307 e. The number of benzene rings is 2. The van der Waals surface area contributed by atoms with Crippen molar-refractivity contribution >= 4 is 50.9 Å². The first-order chi connectivity index (χ1) is 12.0. The van der Waals surface area contributed by atoms with E-state index in [-0.39, 0.29) is 11.7 Å². The number of hydrogen-bond donors (Lipinski definition) is 2. The molecular weight excluding hydrogens is 354 g/mol. The minimum absolute atomic E-state index is 0.139. The topological polar surface area (TPSA) is 71.1 Å². The second-order valence-corrected chi connectivity index (χ2v) is 7.74. The molecule has 2 N–H and O–H groups in total. The van der Waals surface area contributed by atoms with Gasteiger partial charge in [-0.2, -0.15) is 0 Å². The lowest BCUT2D eigenvalue weighted by Crippen LogP contribution is -2.35. The highest BCUT2D eigenvalue weighted by atomic mass is 32.2. The molecule has 0 fully saturated rings. The second kappa shape index (κ2) is 7.67. The van der Waals surface area contributed by atoms with Crippen LogP contribution in [0.15, 0.2) is 46.8 Å². The molecule has 1 aromatic heterocycles. The van der Waals surface area contributed by atoms with E-state index in [9.17, 15) is 9.59 Å². The molecule has 3 rings (SSSR count). The van der Waals surface area contributed by atoms with Gasteiger partial charge in [-0.15, -0.1) is 11.3 Å². The highest BCUT2D eigenvalue weighted by Crippen LogP contribution is 2.29. The first-order valence-corrected chi connectivity index (χ1v) is 9.48. The van der Waals surface area contributed by atoms with Gasteiger partial charge in [-0.1, -0.05) is 36.0 Å². The molecule has 0 spiro atoms. The van der Waals surface area contributed by atoms with E-state index >= 15 is 0 Å². The molecule has 0 saturated carbocycles. The molecule has 0 aliphatic carbocycles. The molecule has 0 radical (unpaired) electrons. The van der Waals surface area contributed by atoms with E-state index in [0.29, 0.717) is 5.69 Å². The quantitative estimate of drug-likeness (QED) is 0.669. The highest BCUT2D eigenvalue weighted by Gasteiger charge is 2.12. The molecule has 0 aliphatic rings. The summed E-state index contributed by atoms with van der Waals surface area (Å²) in [4.78, 5) is 28.4. The first kappa shape index (κ1) is 17.4. The fourth-order valence-corrected chi connectivity index (χ4v) is 4.11. The van der Waals surface area contributed by atoms with Crippen LogP contribution in [0.4, 0.5) is 10.5 Å². The van der Waals surface area contributed by atoms with Crippen molar-refractivity contribution in [1.29, 1.82) is 0 Å². The molecule has 0 aliphatic heterocycles. The maximum atomic E-state index is 12.0. The Morgan fingerprint density at radius 1 is 1.12 bits per heavy atom. The van der Waals surface area contributed by atoms with Gasteiger partial charge in [-0.3, -0.25) is 10.1 Å². The number of rotatable bonds is 4. The van der Waals surface area contributed by atoms with Crippen LogP contribution in [0.3, 0.4) is 0 Å². The third kappa shape index (κ3) is 4.37. The van der Waals surface area contributed by atoms with E-state index in [0.717, 1.165) is 25.7 Å². The molecule has 128 valence electrons. The number of urea groups is 1. The lowest BCUT2D eigenvalue weighted by atomic mass is 10.1. The maximum Gasteiger partial charge on any atom is 0.325 e. The fourth-order valence-electron chi connectivity index (χ4n) is 2.24. The third-order valence-electron chi connectivity index (χ3n) is 3.71. The Labute approximate surface area is 153 Å². The van der Waals surface area contributed by atoms with Gasteiger partial charge < -0.3 is 5.32 Å². The van der Waals surface area contributed by atoms with E-state index in [1.54, 1.807) is 0 Å². The number of nitrogens with zero attached hydrogens (tertiary/aromatic N) is 1. The number of para-hydroxylation sites is 1. The lowest BCUT2D eigenvalue weighted by Gasteiger charge is -2.10. The predicted molar refractivity (Wildman–Crippen MR) is 103 cm³/mol. The Morgan fingerprint density at radius 3 is 2.72 bits per heavy atom. The van der Waals surface area contributed by atoms with Gasteiger partial charge in [0.25, 0.3) is 0 Å². The van der Waals surface area contributed by atoms with E-state index in [4.69, 9.17) is 0 Å². The lowest BCUT2D eigenvalue weighted by molar-refractivity contribution is -0.117. The van der Waals surface area contributed by atoms with Crippen molar-refractivity contribution in [2.24, 2.45) is 0 Å². The Bertz CT molecular complexity index is 904. The van der Waals surface area contributed by atoms with Crippen LogP contribution in [0, 0.1) is 13.8 Å². The predicted octanol–water partition coefficient (Wildman–Crippen LogP) is 4.35. The molecule has 5 nitrogen and oxygen atoms in total. The Morgan fingerprint density at radius 2 is 1.92 bits per heavy atom. The van der Waals surface area contributed by atoms with Gasteiger partial charge in [0, 0.05) is 5.69 Å². The Hall–Kier alpha value is -2.38. The van der Waals surface area contributed by atoms with Crippen molar-refractivity contribution in [3.05, 3.63) is 53.6 Å². The van der Waals surface area contributed by atoms with Gasteiger partial charge in [-0.05, 0) is 43.2 Å². The van der Waals surface area contributed by atoms with Gasteiger partial charge in [0.15, 0.2) is 4.34 Å². The van der Waals surface area contributed by atoms with Crippen LogP contribution in [-0.4, -0.2) is 22.7 Å². The molecule has 1 heterocycles. The number of hydrogen-bond acceptors (Lipinski definition) is 5. The third-order valence-corrected chi connectivity index (χ3v) is 5.89. The summed E-state index contributed by atoms with van der Waals surface area (Å²) in [6.07, 6.45) is 0. The average molecular weight is 371 g/mol. The number of amides is 3. The van der Waals surface area contributed by atoms with Gasteiger partial charge in [0.2, 0.25) is 5.91 Å². The number of carbonyl (C=O) groups excluding carboxylic acids is 2. The number of nitrogens with one attached hydrogen (secondary N) is 2. The minimum atomic E-state index is -0.524. The number of fused-ring (bicyclic) bond motifs is 1. The van der Waals surface area contributed by atoms with Crippen molar-refractivity contribution in [1.82, 2.24) is 10.3 Å². The summed E-state index contributed by atoms with van der Waals surface area (Å²) in [5.41, 5.74) is 3.68. The fraction of sp³-hybridized carbons (Fsp3) is 0.167. The van der Waals surface area contributed by atoms with Crippen molar-refractivity contribution in [2.45, 2.75) is 18.2 Å². The van der Waals surface area contributed by atoms with Crippen LogP contribution in [0.25, 0.3) is 10.2 Å². The van der Waals surface area contributed by atoms with Crippen molar-refractivity contribution in [3.8, 4) is 0 Å². The summed E-state index contributed by atoms with van der Waals surface area (Å²) in [6.45, 7) is 3.90. The summed E-state index contributed by atoms with van der Waals surface area (Å²) in [5, 5.41) is 5.05. The maximum absolute atomic E-state index is 12.0. The van der Waals surface area contributed by atoms with Gasteiger partial charge in [-0.25, -0.2) is 9.78 Å². The van der Waals surface area contributed by atoms with E-state index in [1.165, 1.54) is 23.1 Å². The summed E-state index contributed by atoms with van der Waals surface area (Å²) in [5.74, 6) is -0.216. The highest BCUT2D eigenvalue weighted by molar-refractivity contribution is 8.01. The van der Waals surface area contributed by atoms with Crippen LogP contribution in [-0.2, 0) is 4.79 Å². The normalized spacial score (nSPS) is 10.6. The molecule has 2 aromatic carbocycles. The number of carbonyl (C=O) groups is 2. The molecule has 25 heavy (non-hydrogen) atoms. The zero-order valence-electron chi connectivity index (χ0n) is 13.8. The molecule has 3 amide bonds. The first-order valence-electron chi connectivity index (χ1n) is 7.68. The number of aryl methyl sites for hydroxylation is 1. The van der Waals surface area contributed by atoms with Crippen molar-refractivity contribution < 1.29 is 9.59 Å². The van der Waals surface area contributed by atoms with Crippen molar-refractivity contribution in [2.75, 3.05) is 11.1 Å². The van der Waals surface area contributed by atoms with Crippen molar-refractivity contribution in [3.63, 3.8) is 0 Å². The Balaban J connectivity index is 1.53. The molecule has 0 saturated heterocycles. The van der Waals surface area contributed by atoms with E-state index < -0.39 is 6.03 Å². The minimum Gasteiger partial charge on any atom is -0.307 e. The van der Waals surface area contributed by atoms with Crippen LogP contribution < -0.4 is 10.6 Å². The van der Waals surface area contributed by atoms with Gasteiger partial charge in [0.1, 0.15) is 0 Å². The molecule has 0 atom stereocenters. The average Bonchev–Trinajstić information content (AvgIpc) is 3.00. The molecular formula is C18H17N3O2S2.